The van der Waals surface area contributed by atoms with Gasteiger partial charge in [0.25, 0.3) is 0 Å². The second-order valence-corrected chi connectivity index (χ2v) is 16.3. The molecule has 14 rings (SSSR count). The number of ether oxygens (including phenoxy) is 2. The summed E-state index contributed by atoms with van der Waals surface area (Å²) in [5, 5.41) is 10.5. The number of hydrogen-bond acceptors (Lipinski definition) is 7. The minimum Gasteiger partial charge on any atom is -0.509 e. The van der Waals surface area contributed by atoms with E-state index in [-0.39, 0.29) is 42.1 Å². The van der Waals surface area contributed by atoms with Crippen LogP contribution in [0.3, 0.4) is 0 Å². The minimum absolute atomic E-state index is 0. The average Bonchev–Trinajstić information content (AvgIpc) is 4.01. The summed E-state index contributed by atoms with van der Waals surface area (Å²) >= 11 is 0. The van der Waals surface area contributed by atoms with Gasteiger partial charge in [0.1, 0.15) is 24.3 Å². The number of aromatic nitrogens is 8. The van der Waals surface area contributed by atoms with Crippen LogP contribution < -0.4 is 9.47 Å². The van der Waals surface area contributed by atoms with Crippen LogP contribution in [0, 0.1) is 24.3 Å². The Kier molecular flexibility index (Phi) is 10.4. The molecule has 0 fully saturated rings. The number of pyridine rings is 2. The zero-order valence-corrected chi connectivity index (χ0v) is 40.4. The van der Waals surface area contributed by atoms with E-state index in [1.165, 1.54) is 12.7 Å². The number of fused-ring (bicyclic) bond motifs is 11. The molecule has 0 N–H and O–H groups in total. The third-order valence-corrected chi connectivity index (χ3v) is 12.5. The molecule has 0 atom stereocenters. The standard InChI is InChI=1S/C57H30N8O2.2Pt/c1-3-11-37-31-59-55(25-35(37)9-1)63-49-15-7-5-13-43(49)45-21-17-39(27-51(45)63)66-41-19-23-47-48-24-20-42(30-54(48)65(53(47)29-41)57-61-33-58-34-62-57)67-40-18-22-46-44-14-6-8-16-50(44)64(52(46)28-40)56-26-36-10-2-4-12-38(36)32-60-56;;/h1-26,31-34H;;/q-4;2*+2. The molecule has 0 aliphatic rings. The predicted octanol–water partition coefficient (Wildman–Crippen LogP) is 13.0. The van der Waals surface area contributed by atoms with E-state index >= 15 is 0 Å². The molecule has 0 radical (unpaired) electrons. The SMILES string of the molecule is [Pt+2].[Pt+2].[c-]1c(Oc2[c-]c3c(cc2)c2ccccc2n3-c2cc3ccccc3cn2)ccc2c3ccc(Oc4[c-]c5c(cc4)c4ccccc4n5-c4cc5ccccc5cn4)[c-]c3n(-c3ncncn3)c12. The summed E-state index contributed by atoms with van der Waals surface area (Å²) in [5.41, 5.74) is 5.16. The molecule has 8 aromatic carbocycles. The molecule has 0 unspecified atom stereocenters. The van der Waals surface area contributed by atoms with Crippen molar-refractivity contribution in [3.8, 4) is 40.6 Å². The molecule has 14 aromatic rings. The van der Waals surface area contributed by atoms with Crippen LogP contribution >= 0.6 is 0 Å². The van der Waals surface area contributed by atoms with Crippen LogP contribution in [0.2, 0.25) is 0 Å². The Bertz CT molecular complexity index is 4060. The van der Waals surface area contributed by atoms with Gasteiger partial charge in [0.2, 0.25) is 5.95 Å². The largest absolute Gasteiger partial charge is 2.00 e. The molecule has 0 saturated heterocycles. The zero-order valence-electron chi connectivity index (χ0n) is 35.8. The van der Waals surface area contributed by atoms with E-state index in [1.54, 1.807) is 0 Å². The Morgan fingerprint density at radius 3 is 1.14 bits per heavy atom. The second-order valence-electron chi connectivity index (χ2n) is 16.3. The average molecular weight is 1250 g/mol. The topological polar surface area (TPSA) is 97.7 Å². The quantitative estimate of drug-likeness (QED) is 0.147. The van der Waals surface area contributed by atoms with Crippen LogP contribution in [-0.4, -0.2) is 38.6 Å². The molecule has 0 spiro atoms. The van der Waals surface area contributed by atoms with Crippen LogP contribution in [0.25, 0.3) is 105 Å². The van der Waals surface area contributed by atoms with Gasteiger partial charge in [0, 0.05) is 57.2 Å². The Balaban J connectivity index is 0.00000246. The van der Waals surface area contributed by atoms with E-state index in [0.29, 0.717) is 40.0 Å². The Morgan fingerprint density at radius 1 is 0.348 bits per heavy atom. The van der Waals surface area contributed by atoms with E-state index in [2.05, 4.69) is 133 Å². The molecule has 6 aromatic heterocycles. The first-order valence-corrected chi connectivity index (χ1v) is 21.7. The number of para-hydroxylation sites is 2. The smallest absolute Gasteiger partial charge is 0.509 e. The Morgan fingerprint density at radius 2 is 0.710 bits per heavy atom. The zero-order chi connectivity index (χ0) is 44.0. The molecule has 0 aliphatic carbocycles. The first-order chi connectivity index (χ1) is 33.2. The molecule has 0 bridgehead atoms. The Hall–Kier alpha value is -8.03. The van der Waals surface area contributed by atoms with Gasteiger partial charge < -0.3 is 23.2 Å². The molecule has 0 saturated carbocycles. The minimum atomic E-state index is 0. The fraction of sp³-hybridized carbons (Fsp3) is 0. The van der Waals surface area contributed by atoms with Crippen molar-refractivity contribution < 1.29 is 51.6 Å². The molecule has 10 nitrogen and oxygen atoms in total. The maximum absolute atomic E-state index is 6.60. The van der Waals surface area contributed by atoms with Crippen molar-refractivity contribution in [1.82, 2.24) is 38.6 Å². The van der Waals surface area contributed by atoms with Crippen molar-refractivity contribution in [2.75, 3.05) is 0 Å². The van der Waals surface area contributed by atoms with Gasteiger partial charge in [-0.1, -0.05) is 107 Å². The van der Waals surface area contributed by atoms with Crippen LogP contribution in [0.1, 0.15) is 0 Å². The van der Waals surface area contributed by atoms with Gasteiger partial charge in [-0.25, -0.2) is 24.9 Å². The van der Waals surface area contributed by atoms with Gasteiger partial charge in [0.05, 0.1) is 0 Å². The molecule has 0 aliphatic heterocycles. The van der Waals surface area contributed by atoms with Crippen molar-refractivity contribution in [2.45, 2.75) is 0 Å². The maximum atomic E-state index is 6.60. The molecule has 330 valence electrons. The number of hydrogen-bond donors (Lipinski definition) is 0. The molecule has 12 heteroatoms. The van der Waals surface area contributed by atoms with Crippen LogP contribution in [-0.2, 0) is 42.1 Å². The van der Waals surface area contributed by atoms with Crippen molar-refractivity contribution in [1.29, 1.82) is 0 Å². The predicted molar refractivity (Wildman–Crippen MR) is 262 cm³/mol. The summed E-state index contributed by atoms with van der Waals surface area (Å²) in [6, 6.07) is 67.5. The van der Waals surface area contributed by atoms with Gasteiger partial charge in [-0.15, -0.1) is 59.3 Å². The van der Waals surface area contributed by atoms with E-state index in [1.807, 2.05) is 89.8 Å². The van der Waals surface area contributed by atoms with Crippen molar-refractivity contribution >= 4 is 87.0 Å². The first-order valence-electron chi connectivity index (χ1n) is 21.7. The maximum Gasteiger partial charge on any atom is 2.00 e. The summed E-state index contributed by atoms with van der Waals surface area (Å²) < 4.78 is 19.4. The van der Waals surface area contributed by atoms with E-state index < -0.39 is 0 Å². The van der Waals surface area contributed by atoms with Gasteiger partial charge in [-0.2, -0.15) is 35.0 Å². The van der Waals surface area contributed by atoms with Crippen LogP contribution in [0.4, 0.5) is 0 Å². The third-order valence-electron chi connectivity index (χ3n) is 12.5. The molecular formula is C57H30N8O2Pt2. The fourth-order valence-electron chi connectivity index (χ4n) is 9.46. The van der Waals surface area contributed by atoms with Gasteiger partial charge in [-0.05, 0) is 45.8 Å². The van der Waals surface area contributed by atoms with Gasteiger partial charge >= 0.3 is 42.1 Å². The molecule has 69 heavy (non-hydrogen) atoms. The van der Waals surface area contributed by atoms with Gasteiger partial charge in [0.15, 0.2) is 0 Å². The third kappa shape index (κ3) is 6.97. The normalized spacial score (nSPS) is 11.5. The van der Waals surface area contributed by atoms with Gasteiger partial charge in [-0.3, -0.25) is 0 Å². The molecular weight excluding hydrogens is 1220 g/mol. The van der Waals surface area contributed by atoms with Crippen molar-refractivity contribution in [3.05, 3.63) is 207 Å². The molecule has 6 heterocycles. The number of benzene rings is 8. The molecule has 0 amide bonds. The summed E-state index contributed by atoms with van der Waals surface area (Å²) in [7, 11) is 0. The summed E-state index contributed by atoms with van der Waals surface area (Å²) in [5.74, 6) is 4.04. The van der Waals surface area contributed by atoms with E-state index in [0.717, 1.165) is 87.6 Å². The van der Waals surface area contributed by atoms with E-state index in [4.69, 9.17) is 19.4 Å². The summed E-state index contributed by atoms with van der Waals surface area (Å²) in [6.07, 6.45) is 6.78. The number of rotatable bonds is 7. The number of nitrogens with zero attached hydrogens (tertiary/aromatic N) is 8. The first kappa shape index (κ1) is 42.3. The second kappa shape index (κ2) is 16.9. The van der Waals surface area contributed by atoms with Crippen LogP contribution in [0.5, 0.6) is 23.0 Å². The summed E-state index contributed by atoms with van der Waals surface area (Å²) in [6.45, 7) is 0. The van der Waals surface area contributed by atoms with E-state index in [9.17, 15) is 0 Å². The summed E-state index contributed by atoms with van der Waals surface area (Å²) in [4.78, 5) is 23.0. The monoisotopic (exact) mass is 1250 g/mol. The fourth-order valence-corrected chi connectivity index (χ4v) is 9.46. The van der Waals surface area contributed by atoms with Crippen molar-refractivity contribution in [2.24, 2.45) is 0 Å². The van der Waals surface area contributed by atoms with Crippen molar-refractivity contribution in [3.63, 3.8) is 0 Å². The van der Waals surface area contributed by atoms with Crippen LogP contribution in [0.15, 0.2) is 183 Å². The Labute approximate surface area is 422 Å².